The van der Waals surface area contributed by atoms with Crippen molar-refractivity contribution in [3.8, 4) is 0 Å². The minimum Gasteiger partial charge on any atom is -0.396 e. The molecule has 0 aliphatic carbocycles. The normalized spacial score (nSPS) is 14.9. The Hall–Kier alpha value is -0.880. The molecule has 84 valence electrons. The van der Waals surface area contributed by atoms with E-state index in [1.54, 1.807) is 0 Å². The average Bonchev–Trinajstić information content (AvgIpc) is 2.21. The topological polar surface area (TPSA) is 93.6 Å². The summed E-state index contributed by atoms with van der Waals surface area (Å²) in [5.74, 6) is 0. The number of aliphatic hydroxyl groups is 3. The number of aromatic nitrogens is 1. The highest BCUT2D eigenvalue weighted by molar-refractivity contribution is 6.30. The number of H-pyrrole nitrogens is 1. The van der Waals surface area contributed by atoms with Gasteiger partial charge in [-0.25, -0.2) is 0 Å². The lowest BCUT2D eigenvalue weighted by atomic mass is 10.0. The third kappa shape index (κ3) is 3.04. The number of hydrogen-bond acceptors (Lipinski definition) is 4. The molecule has 0 amide bonds. The van der Waals surface area contributed by atoms with Crippen molar-refractivity contribution in [1.29, 1.82) is 0 Å². The van der Waals surface area contributed by atoms with Gasteiger partial charge in [0.2, 0.25) is 0 Å². The van der Waals surface area contributed by atoms with Crippen LogP contribution in [-0.2, 0) is 0 Å². The Labute approximate surface area is 91.0 Å². The third-order valence-electron chi connectivity index (χ3n) is 2.01. The fourth-order valence-corrected chi connectivity index (χ4v) is 1.33. The fourth-order valence-electron chi connectivity index (χ4n) is 1.15. The van der Waals surface area contributed by atoms with Crippen molar-refractivity contribution in [2.75, 3.05) is 6.61 Å². The average molecular weight is 234 g/mol. The monoisotopic (exact) mass is 233 g/mol. The predicted molar refractivity (Wildman–Crippen MR) is 54.7 cm³/mol. The molecule has 1 aromatic rings. The molecule has 2 atom stereocenters. The van der Waals surface area contributed by atoms with Crippen molar-refractivity contribution in [1.82, 2.24) is 4.98 Å². The molecular formula is C9H12ClNO4. The zero-order valence-electron chi connectivity index (χ0n) is 7.85. The standard InChI is InChI=1S/C9H12ClNO4/c10-6-3-5(4-11-9(6)15)8(14)7(13)1-2-12/h3-4,7-8,12-14H,1-2H2,(H,11,15). The van der Waals surface area contributed by atoms with E-state index in [0.29, 0.717) is 5.56 Å². The molecular weight excluding hydrogens is 222 g/mol. The first-order valence-corrected chi connectivity index (χ1v) is 4.79. The first kappa shape index (κ1) is 12.2. The highest BCUT2D eigenvalue weighted by Gasteiger charge is 2.18. The fraction of sp³-hybridized carbons (Fsp3) is 0.444. The minimum atomic E-state index is -1.17. The number of rotatable bonds is 4. The molecule has 0 saturated carbocycles. The van der Waals surface area contributed by atoms with Gasteiger partial charge in [0.25, 0.3) is 5.56 Å². The van der Waals surface area contributed by atoms with Gasteiger partial charge in [-0.15, -0.1) is 0 Å². The van der Waals surface area contributed by atoms with E-state index in [4.69, 9.17) is 16.7 Å². The van der Waals surface area contributed by atoms with Crippen molar-refractivity contribution < 1.29 is 15.3 Å². The molecule has 0 aliphatic rings. The van der Waals surface area contributed by atoms with Gasteiger partial charge in [-0.1, -0.05) is 11.6 Å². The van der Waals surface area contributed by atoms with E-state index in [2.05, 4.69) is 4.98 Å². The van der Waals surface area contributed by atoms with Crippen molar-refractivity contribution in [2.45, 2.75) is 18.6 Å². The van der Waals surface area contributed by atoms with Gasteiger partial charge in [-0.2, -0.15) is 0 Å². The van der Waals surface area contributed by atoms with Crippen LogP contribution in [0.15, 0.2) is 17.1 Å². The molecule has 0 aromatic carbocycles. The van der Waals surface area contributed by atoms with Crippen LogP contribution in [-0.4, -0.2) is 33.0 Å². The molecule has 1 aromatic heterocycles. The molecule has 0 bridgehead atoms. The molecule has 15 heavy (non-hydrogen) atoms. The third-order valence-corrected chi connectivity index (χ3v) is 2.29. The number of hydrogen-bond donors (Lipinski definition) is 4. The molecule has 1 rings (SSSR count). The van der Waals surface area contributed by atoms with Crippen LogP contribution in [0.3, 0.4) is 0 Å². The summed E-state index contributed by atoms with van der Waals surface area (Å²) in [5.41, 5.74) is -0.148. The summed E-state index contributed by atoms with van der Waals surface area (Å²) in [6, 6.07) is 1.28. The maximum Gasteiger partial charge on any atom is 0.266 e. The van der Waals surface area contributed by atoms with Gasteiger partial charge in [0.1, 0.15) is 11.1 Å². The second kappa shape index (κ2) is 5.27. The number of aliphatic hydroxyl groups excluding tert-OH is 3. The largest absolute Gasteiger partial charge is 0.396 e. The number of aromatic amines is 1. The summed E-state index contributed by atoms with van der Waals surface area (Å²) in [5, 5.41) is 27.5. The summed E-state index contributed by atoms with van der Waals surface area (Å²) < 4.78 is 0. The molecule has 6 heteroatoms. The van der Waals surface area contributed by atoms with E-state index in [0.717, 1.165) is 0 Å². The van der Waals surface area contributed by atoms with Crippen LogP contribution < -0.4 is 5.56 Å². The summed E-state index contributed by atoms with van der Waals surface area (Å²) in [7, 11) is 0. The van der Waals surface area contributed by atoms with Gasteiger partial charge in [0.15, 0.2) is 0 Å². The summed E-state index contributed by atoms with van der Waals surface area (Å²) in [4.78, 5) is 13.2. The highest BCUT2D eigenvalue weighted by atomic mass is 35.5. The van der Waals surface area contributed by atoms with E-state index in [9.17, 15) is 15.0 Å². The summed E-state index contributed by atoms with van der Waals surface area (Å²) in [6.45, 7) is -0.227. The Kier molecular flexibility index (Phi) is 4.28. The van der Waals surface area contributed by atoms with Gasteiger partial charge in [0, 0.05) is 18.4 Å². The van der Waals surface area contributed by atoms with E-state index < -0.39 is 17.8 Å². The van der Waals surface area contributed by atoms with E-state index in [-0.39, 0.29) is 18.1 Å². The molecule has 2 unspecified atom stereocenters. The van der Waals surface area contributed by atoms with Crippen molar-refractivity contribution in [3.63, 3.8) is 0 Å². The number of nitrogens with one attached hydrogen (secondary N) is 1. The Bertz CT molecular complexity index is 379. The first-order chi connectivity index (χ1) is 7.06. The molecule has 0 fully saturated rings. The van der Waals surface area contributed by atoms with E-state index >= 15 is 0 Å². The van der Waals surface area contributed by atoms with Crippen LogP contribution >= 0.6 is 11.6 Å². The van der Waals surface area contributed by atoms with Crippen LogP contribution in [0.4, 0.5) is 0 Å². The van der Waals surface area contributed by atoms with Gasteiger partial charge in [-0.05, 0) is 12.5 Å². The second-order valence-corrected chi connectivity index (χ2v) is 3.54. The van der Waals surface area contributed by atoms with Crippen molar-refractivity contribution in [2.24, 2.45) is 0 Å². The van der Waals surface area contributed by atoms with Gasteiger partial charge in [-0.3, -0.25) is 4.79 Å². The highest BCUT2D eigenvalue weighted by Crippen LogP contribution is 2.19. The Morgan fingerprint density at radius 1 is 1.47 bits per heavy atom. The molecule has 5 nitrogen and oxygen atoms in total. The smallest absolute Gasteiger partial charge is 0.266 e. The van der Waals surface area contributed by atoms with Crippen molar-refractivity contribution >= 4 is 11.6 Å². The van der Waals surface area contributed by atoms with Gasteiger partial charge < -0.3 is 20.3 Å². The number of pyridine rings is 1. The van der Waals surface area contributed by atoms with Crippen LogP contribution in [0.5, 0.6) is 0 Å². The maximum absolute atomic E-state index is 10.9. The molecule has 0 spiro atoms. The Morgan fingerprint density at radius 2 is 2.13 bits per heavy atom. The Balaban J connectivity index is 2.86. The molecule has 1 heterocycles. The zero-order chi connectivity index (χ0) is 11.4. The van der Waals surface area contributed by atoms with E-state index in [1.807, 2.05) is 0 Å². The van der Waals surface area contributed by atoms with E-state index in [1.165, 1.54) is 12.3 Å². The molecule has 4 N–H and O–H groups in total. The predicted octanol–water partition coefficient (Wildman–Crippen LogP) is -0.195. The first-order valence-electron chi connectivity index (χ1n) is 4.41. The lowest BCUT2D eigenvalue weighted by molar-refractivity contribution is 0.00403. The SMILES string of the molecule is O=c1[nH]cc(C(O)C(O)CCO)cc1Cl. The number of halogens is 1. The van der Waals surface area contributed by atoms with Crippen LogP contribution in [0.25, 0.3) is 0 Å². The zero-order valence-corrected chi connectivity index (χ0v) is 8.61. The second-order valence-electron chi connectivity index (χ2n) is 3.13. The van der Waals surface area contributed by atoms with Crippen molar-refractivity contribution in [3.05, 3.63) is 33.2 Å². The van der Waals surface area contributed by atoms with Crippen LogP contribution in [0, 0.1) is 0 Å². The maximum atomic E-state index is 10.9. The van der Waals surface area contributed by atoms with Crippen LogP contribution in [0.2, 0.25) is 5.02 Å². The summed E-state index contributed by atoms with van der Waals surface area (Å²) >= 11 is 5.55. The lowest BCUT2D eigenvalue weighted by Gasteiger charge is -2.16. The van der Waals surface area contributed by atoms with Crippen LogP contribution in [0.1, 0.15) is 18.1 Å². The molecule has 0 radical (unpaired) electrons. The van der Waals surface area contributed by atoms with Gasteiger partial charge >= 0.3 is 0 Å². The molecule has 0 saturated heterocycles. The molecule has 0 aliphatic heterocycles. The minimum absolute atomic E-state index is 0.0530. The quantitative estimate of drug-likeness (QED) is 0.580. The summed E-state index contributed by atoms with van der Waals surface area (Å²) in [6.07, 6.45) is -0.930. The Morgan fingerprint density at radius 3 is 2.67 bits per heavy atom. The lowest BCUT2D eigenvalue weighted by Crippen LogP contribution is -2.20. The van der Waals surface area contributed by atoms with Gasteiger partial charge in [0.05, 0.1) is 6.10 Å².